The van der Waals surface area contributed by atoms with Crippen molar-refractivity contribution in [3.05, 3.63) is 60.4 Å². The SMILES string of the molecule is CCN1C(=O)COc2c(CN3CCOCC3)cc(Nc3nccc(-c4cn(C)c5ccccc45)n3)cc21. The topological polar surface area (TPSA) is 84.8 Å². The normalized spacial score (nSPS) is 16.1. The first-order valence-corrected chi connectivity index (χ1v) is 12.7. The van der Waals surface area contributed by atoms with Crippen molar-refractivity contribution in [1.29, 1.82) is 0 Å². The van der Waals surface area contributed by atoms with Crippen LogP contribution in [0.25, 0.3) is 22.2 Å². The third kappa shape index (κ3) is 4.52. The Morgan fingerprint density at radius 3 is 2.78 bits per heavy atom. The molecule has 9 heteroatoms. The number of nitrogens with zero attached hydrogens (tertiary/aromatic N) is 5. The molecule has 0 bridgehead atoms. The number of carbonyl (C=O) groups excluding carboxylic acids is 1. The van der Waals surface area contributed by atoms with Crippen molar-refractivity contribution in [2.24, 2.45) is 7.05 Å². The fourth-order valence-electron chi connectivity index (χ4n) is 5.17. The molecule has 4 heterocycles. The number of para-hydroxylation sites is 1. The highest BCUT2D eigenvalue weighted by Gasteiger charge is 2.28. The van der Waals surface area contributed by atoms with Gasteiger partial charge in [-0.2, -0.15) is 0 Å². The lowest BCUT2D eigenvalue weighted by Gasteiger charge is -2.32. The Bertz CT molecular complexity index is 1460. The molecule has 2 aromatic heterocycles. The minimum Gasteiger partial charge on any atom is -0.481 e. The minimum absolute atomic E-state index is 0.0429. The molecule has 0 unspecified atom stereocenters. The minimum atomic E-state index is -0.0429. The van der Waals surface area contributed by atoms with E-state index in [1.165, 1.54) is 0 Å². The van der Waals surface area contributed by atoms with Gasteiger partial charge in [0.05, 0.1) is 24.6 Å². The molecule has 4 aromatic rings. The van der Waals surface area contributed by atoms with E-state index in [2.05, 4.69) is 44.2 Å². The van der Waals surface area contributed by atoms with Crippen LogP contribution in [0.1, 0.15) is 12.5 Å². The van der Waals surface area contributed by atoms with E-state index in [0.717, 1.165) is 71.2 Å². The lowest BCUT2D eigenvalue weighted by Crippen LogP contribution is -2.40. The summed E-state index contributed by atoms with van der Waals surface area (Å²) in [5, 5.41) is 4.53. The summed E-state index contributed by atoms with van der Waals surface area (Å²) in [4.78, 5) is 26.0. The molecule has 0 radical (unpaired) electrons. The second-order valence-electron chi connectivity index (χ2n) is 9.36. The number of morpholine rings is 1. The Balaban J connectivity index is 1.36. The van der Waals surface area contributed by atoms with Crippen LogP contribution in [-0.4, -0.2) is 64.8 Å². The van der Waals surface area contributed by atoms with Gasteiger partial charge >= 0.3 is 0 Å². The number of hydrogen-bond donors (Lipinski definition) is 1. The maximum atomic E-state index is 12.6. The van der Waals surface area contributed by atoms with E-state index in [1.807, 2.05) is 38.2 Å². The Morgan fingerprint density at radius 2 is 1.95 bits per heavy atom. The van der Waals surface area contributed by atoms with Gasteiger partial charge in [-0.05, 0) is 31.2 Å². The fourth-order valence-corrected chi connectivity index (χ4v) is 5.17. The zero-order valence-corrected chi connectivity index (χ0v) is 21.1. The van der Waals surface area contributed by atoms with Crippen LogP contribution in [0.5, 0.6) is 5.75 Å². The molecule has 1 fully saturated rings. The van der Waals surface area contributed by atoms with Crippen LogP contribution in [0.4, 0.5) is 17.3 Å². The Kier molecular flexibility index (Phi) is 6.23. The van der Waals surface area contributed by atoms with Gasteiger partial charge in [0.15, 0.2) is 6.61 Å². The number of aromatic nitrogens is 3. The summed E-state index contributed by atoms with van der Waals surface area (Å²) < 4.78 is 13.6. The van der Waals surface area contributed by atoms with Gasteiger partial charge in [-0.3, -0.25) is 9.69 Å². The Morgan fingerprint density at radius 1 is 1.11 bits per heavy atom. The van der Waals surface area contributed by atoms with Gasteiger partial charge in [0.2, 0.25) is 5.95 Å². The number of anilines is 3. The third-order valence-electron chi connectivity index (χ3n) is 6.98. The molecule has 190 valence electrons. The van der Waals surface area contributed by atoms with Gasteiger partial charge < -0.3 is 24.3 Å². The van der Waals surface area contributed by atoms with Gasteiger partial charge in [-0.1, -0.05) is 18.2 Å². The smallest absolute Gasteiger partial charge is 0.265 e. The molecule has 0 atom stereocenters. The molecule has 6 rings (SSSR count). The zero-order valence-electron chi connectivity index (χ0n) is 21.1. The molecule has 2 aromatic carbocycles. The predicted octanol–water partition coefficient (Wildman–Crippen LogP) is 3.96. The van der Waals surface area contributed by atoms with Crippen LogP contribution >= 0.6 is 0 Å². The number of hydrogen-bond acceptors (Lipinski definition) is 7. The number of amides is 1. The average Bonchev–Trinajstić information content (AvgIpc) is 3.26. The lowest BCUT2D eigenvalue weighted by atomic mass is 10.1. The molecule has 0 saturated carbocycles. The third-order valence-corrected chi connectivity index (χ3v) is 6.98. The van der Waals surface area contributed by atoms with Crippen molar-refractivity contribution in [3.8, 4) is 17.0 Å². The number of benzene rings is 2. The number of rotatable bonds is 6. The quantitative estimate of drug-likeness (QED) is 0.431. The van der Waals surface area contributed by atoms with E-state index in [-0.39, 0.29) is 12.5 Å². The van der Waals surface area contributed by atoms with Crippen molar-refractivity contribution >= 4 is 34.1 Å². The summed E-state index contributed by atoms with van der Waals surface area (Å²) in [6.45, 7) is 6.47. The van der Waals surface area contributed by atoms with Crippen LogP contribution < -0.4 is 15.0 Å². The molecular formula is C28H30N6O3. The summed E-state index contributed by atoms with van der Waals surface area (Å²) in [5.41, 5.74) is 5.66. The standard InChI is InChI=1S/C28H30N6O3/c1-3-34-25-15-20(14-19(27(25)37-18-26(34)35)16-33-10-12-36-13-11-33)30-28-29-9-8-23(31-28)22-17-32(2)24-7-5-4-6-21(22)24/h4-9,14-15,17H,3,10-13,16,18H2,1-2H3,(H,29,30,31). The number of likely N-dealkylation sites (N-methyl/N-ethyl adjacent to an activating group) is 1. The van der Waals surface area contributed by atoms with Crippen molar-refractivity contribution in [2.45, 2.75) is 13.5 Å². The molecule has 37 heavy (non-hydrogen) atoms. The maximum Gasteiger partial charge on any atom is 0.265 e. The monoisotopic (exact) mass is 498 g/mol. The average molecular weight is 499 g/mol. The van der Waals surface area contributed by atoms with Gasteiger partial charge in [0, 0.05) is 73.3 Å². The van der Waals surface area contributed by atoms with Crippen LogP contribution in [0.15, 0.2) is 54.9 Å². The van der Waals surface area contributed by atoms with Crippen LogP contribution in [0.2, 0.25) is 0 Å². The van der Waals surface area contributed by atoms with E-state index < -0.39 is 0 Å². The van der Waals surface area contributed by atoms with Gasteiger partial charge in [0.25, 0.3) is 5.91 Å². The second-order valence-corrected chi connectivity index (χ2v) is 9.36. The molecule has 2 aliphatic rings. The summed E-state index contributed by atoms with van der Waals surface area (Å²) in [6.07, 6.45) is 3.86. The molecule has 0 aliphatic carbocycles. The van der Waals surface area contributed by atoms with Crippen molar-refractivity contribution < 1.29 is 14.3 Å². The molecule has 2 aliphatic heterocycles. The first kappa shape index (κ1) is 23.4. The Hall–Kier alpha value is -3.95. The fraction of sp³-hybridized carbons (Fsp3) is 0.321. The molecule has 9 nitrogen and oxygen atoms in total. The lowest BCUT2D eigenvalue weighted by molar-refractivity contribution is -0.121. The van der Waals surface area contributed by atoms with Crippen molar-refractivity contribution in [1.82, 2.24) is 19.4 Å². The van der Waals surface area contributed by atoms with Crippen LogP contribution in [-0.2, 0) is 23.1 Å². The maximum absolute atomic E-state index is 12.6. The second kappa shape index (κ2) is 9.84. The van der Waals surface area contributed by atoms with Gasteiger partial charge in [-0.25, -0.2) is 9.97 Å². The highest BCUT2D eigenvalue weighted by atomic mass is 16.5. The van der Waals surface area contributed by atoms with E-state index in [9.17, 15) is 4.79 Å². The number of fused-ring (bicyclic) bond motifs is 2. The van der Waals surface area contributed by atoms with Crippen molar-refractivity contribution in [2.75, 3.05) is 49.7 Å². The van der Waals surface area contributed by atoms with Gasteiger partial charge in [-0.15, -0.1) is 0 Å². The van der Waals surface area contributed by atoms with Crippen LogP contribution in [0, 0.1) is 0 Å². The molecule has 1 saturated heterocycles. The van der Waals surface area contributed by atoms with Crippen molar-refractivity contribution in [3.63, 3.8) is 0 Å². The Labute approximate surface area is 215 Å². The predicted molar refractivity (Wildman–Crippen MR) is 143 cm³/mol. The van der Waals surface area contributed by atoms with Crippen LogP contribution in [0.3, 0.4) is 0 Å². The summed E-state index contributed by atoms with van der Waals surface area (Å²) >= 11 is 0. The number of nitrogens with one attached hydrogen (secondary N) is 1. The molecular weight excluding hydrogens is 468 g/mol. The molecule has 0 spiro atoms. The highest BCUT2D eigenvalue weighted by Crippen LogP contribution is 2.40. The number of carbonyl (C=O) groups is 1. The molecule has 1 amide bonds. The highest BCUT2D eigenvalue weighted by molar-refractivity contribution is 5.99. The van der Waals surface area contributed by atoms with E-state index in [1.54, 1.807) is 11.1 Å². The zero-order chi connectivity index (χ0) is 25.4. The largest absolute Gasteiger partial charge is 0.481 e. The first-order valence-electron chi connectivity index (χ1n) is 12.7. The van der Waals surface area contributed by atoms with E-state index in [0.29, 0.717) is 19.0 Å². The summed E-state index contributed by atoms with van der Waals surface area (Å²) in [7, 11) is 2.04. The summed E-state index contributed by atoms with van der Waals surface area (Å²) in [6, 6.07) is 14.2. The molecule has 1 N–H and O–H groups in total. The summed E-state index contributed by atoms with van der Waals surface area (Å²) in [5.74, 6) is 1.22. The van der Waals surface area contributed by atoms with E-state index in [4.69, 9.17) is 14.5 Å². The van der Waals surface area contributed by atoms with E-state index >= 15 is 0 Å². The number of ether oxygens (including phenoxy) is 2. The van der Waals surface area contributed by atoms with Gasteiger partial charge in [0.1, 0.15) is 5.75 Å². The first-order chi connectivity index (χ1) is 18.1. The number of aryl methyl sites for hydroxylation is 1.